The molecule has 1 radical (unpaired) electrons. The first kappa shape index (κ1) is 21.5. The molecule has 1 N–H and O–H groups in total. The zero-order valence-electron chi connectivity index (χ0n) is 15.6. The molecule has 1 heterocycles. The van der Waals surface area contributed by atoms with Crippen LogP contribution in [-0.2, 0) is 24.9 Å². The Kier molecular flexibility index (Phi) is 7.62. The molecule has 0 aliphatic rings. The van der Waals surface area contributed by atoms with Crippen molar-refractivity contribution in [2.75, 3.05) is 0 Å². The summed E-state index contributed by atoms with van der Waals surface area (Å²) in [5.41, 5.74) is 2.03. The number of aliphatic hydroxyl groups excluding tert-OH is 1. The molecule has 0 amide bonds. The van der Waals surface area contributed by atoms with Gasteiger partial charge in [-0.05, 0) is 47.2 Å². The van der Waals surface area contributed by atoms with Crippen LogP contribution in [0.1, 0.15) is 13.8 Å². The number of ketones is 1. The van der Waals surface area contributed by atoms with E-state index in [2.05, 4.69) is 59.6 Å². The van der Waals surface area contributed by atoms with E-state index in [1.54, 1.807) is 0 Å². The molecule has 0 aliphatic carbocycles. The van der Waals surface area contributed by atoms with Crippen LogP contribution >= 0.6 is 0 Å². The van der Waals surface area contributed by atoms with Crippen molar-refractivity contribution >= 4 is 27.3 Å². The SMILES string of the molecule is CC(=O)/C=C(/C)O.[Ir].[c-]1ccccc1-c1nccc2c1ccc1ccccc12. The number of fused-ring (bicyclic) bond motifs is 3. The van der Waals surface area contributed by atoms with Crippen molar-refractivity contribution in [2.24, 2.45) is 0 Å². The summed E-state index contributed by atoms with van der Waals surface area (Å²) < 4.78 is 0. The molecule has 4 rings (SSSR count). The minimum Gasteiger partial charge on any atom is -0.512 e. The minimum atomic E-state index is -0.125. The second-order valence-electron chi connectivity index (χ2n) is 6.21. The minimum absolute atomic E-state index is 0. The summed E-state index contributed by atoms with van der Waals surface area (Å²) in [6.45, 7) is 2.85. The van der Waals surface area contributed by atoms with Crippen molar-refractivity contribution < 1.29 is 30.0 Å². The molecular formula is C24H20IrNO2-. The van der Waals surface area contributed by atoms with Crippen molar-refractivity contribution in [1.29, 1.82) is 0 Å². The van der Waals surface area contributed by atoms with Crippen LogP contribution in [-0.4, -0.2) is 15.9 Å². The van der Waals surface area contributed by atoms with Crippen LogP contribution in [0, 0.1) is 6.07 Å². The van der Waals surface area contributed by atoms with Crippen LogP contribution in [0.15, 0.2) is 84.8 Å². The summed E-state index contributed by atoms with van der Waals surface area (Å²) >= 11 is 0. The summed E-state index contributed by atoms with van der Waals surface area (Å²) in [5.74, 6) is -0.0625. The number of carbonyl (C=O) groups is 1. The Balaban J connectivity index is 0.000000306. The predicted molar refractivity (Wildman–Crippen MR) is 111 cm³/mol. The van der Waals surface area contributed by atoms with Gasteiger partial charge in [0.2, 0.25) is 0 Å². The number of hydrogen-bond acceptors (Lipinski definition) is 3. The van der Waals surface area contributed by atoms with E-state index in [1.807, 2.05) is 24.4 Å². The first-order chi connectivity index (χ1) is 13.1. The van der Waals surface area contributed by atoms with Gasteiger partial charge < -0.3 is 10.1 Å². The fourth-order valence-electron chi connectivity index (χ4n) is 2.99. The number of benzene rings is 3. The smallest absolute Gasteiger partial charge is 0.155 e. The summed E-state index contributed by atoms with van der Waals surface area (Å²) in [4.78, 5) is 14.6. The number of aromatic nitrogens is 1. The van der Waals surface area contributed by atoms with Gasteiger partial charge in [-0.1, -0.05) is 36.4 Å². The van der Waals surface area contributed by atoms with Gasteiger partial charge in [0, 0.05) is 32.4 Å². The number of carbonyl (C=O) groups excluding carboxylic acids is 1. The summed E-state index contributed by atoms with van der Waals surface area (Å²) in [6.07, 6.45) is 3.05. The molecule has 0 bridgehead atoms. The van der Waals surface area contributed by atoms with Crippen molar-refractivity contribution in [1.82, 2.24) is 4.98 Å². The second kappa shape index (κ2) is 9.93. The number of allylic oxidation sites excluding steroid dienone is 2. The van der Waals surface area contributed by atoms with Gasteiger partial charge in [-0.2, -0.15) is 0 Å². The van der Waals surface area contributed by atoms with E-state index in [9.17, 15) is 4.79 Å². The van der Waals surface area contributed by atoms with E-state index in [4.69, 9.17) is 5.11 Å². The van der Waals surface area contributed by atoms with Gasteiger partial charge in [-0.3, -0.25) is 4.79 Å². The maximum absolute atomic E-state index is 10.0. The zero-order valence-corrected chi connectivity index (χ0v) is 18.0. The normalized spacial score (nSPS) is 10.7. The van der Waals surface area contributed by atoms with E-state index >= 15 is 0 Å². The molecule has 4 aromatic rings. The molecule has 1 aromatic heterocycles. The molecule has 0 saturated heterocycles. The molecule has 0 fully saturated rings. The third-order valence-corrected chi connectivity index (χ3v) is 4.05. The van der Waals surface area contributed by atoms with Gasteiger partial charge in [0.1, 0.15) is 0 Å². The van der Waals surface area contributed by atoms with E-state index < -0.39 is 0 Å². The Bertz CT molecular complexity index is 1120. The first-order valence-electron chi connectivity index (χ1n) is 8.67. The fourth-order valence-corrected chi connectivity index (χ4v) is 2.99. The van der Waals surface area contributed by atoms with Gasteiger partial charge in [0.25, 0.3) is 0 Å². The molecule has 4 heteroatoms. The standard InChI is InChI=1S/C19H12N.C5H8O2.Ir/c1-2-7-15(8-3-1)19-18-11-10-14-6-4-5-9-16(14)17(18)12-13-20-19;1-4(6)3-5(2)7;/h1-7,9-13H;3,6H,1-2H3;/q-1;;/b;4-3-;. The number of nitrogens with zero attached hydrogens (tertiary/aromatic N) is 1. The molecule has 0 aliphatic heterocycles. The second-order valence-corrected chi connectivity index (χ2v) is 6.21. The Morgan fingerprint density at radius 2 is 1.68 bits per heavy atom. The maximum atomic E-state index is 10.0. The van der Waals surface area contributed by atoms with Crippen LogP contribution in [0.4, 0.5) is 0 Å². The van der Waals surface area contributed by atoms with Crippen LogP contribution < -0.4 is 0 Å². The summed E-state index contributed by atoms with van der Waals surface area (Å²) in [7, 11) is 0. The fraction of sp³-hybridized carbons (Fsp3) is 0.0833. The molecule has 0 atom stereocenters. The molecular weight excluding hydrogens is 526 g/mol. The van der Waals surface area contributed by atoms with Crippen LogP contribution in [0.5, 0.6) is 0 Å². The molecule has 3 aromatic carbocycles. The summed E-state index contributed by atoms with van der Waals surface area (Å²) in [5, 5.41) is 13.3. The van der Waals surface area contributed by atoms with Crippen molar-refractivity contribution in [3.63, 3.8) is 0 Å². The van der Waals surface area contributed by atoms with Gasteiger partial charge in [0.05, 0.1) is 5.76 Å². The average molecular weight is 547 g/mol. The molecule has 0 unspecified atom stereocenters. The van der Waals surface area contributed by atoms with Crippen LogP contribution in [0.25, 0.3) is 32.8 Å². The number of aliphatic hydroxyl groups is 1. The predicted octanol–water partition coefficient (Wildman–Crippen LogP) is 5.89. The largest absolute Gasteiger partial charge is 0.512 e. The van der Waals surface area contributed by atoms with Gasteiger partial charge >= 0.3 is 0 Å². The average Bonchev–Trinajstić information content (AvgIpc) is 2.67. The quantitative estimate of drug-likeness (QED) is 0.148. The zero-order chi connectivity index (χ0) is 19.2. The topological polar surface area (TPSA) is 50.2 Å². The Hall–Kier alpha value is -2.81. The molecule has 0 spiro atoms. The molecule has 0 saturated carbocycles. The van der Waals surface area contributed by atoms with E-state index in [0.29, 0.717) is 0 Å². The van der Waals surface area contributed by atoms with Gasteiger partial charge in [0.15, 0.2) is 5.78 Å². The van der Waals surface area contributed by atoms with Crippen LogP contribution in [0.3, 0.4) is 0 Å². The molecule has 3 nitrogen and oxygen atoms in total. The van der Waals surface area contributed by atoms with Crippen molar-refractivity contribution in [3.05, 3.63) is 90.8 Å². The monoisotopic (exact) mass is 547 g/mol. The van der Waals surface area contributed by atoms with Crippen molar-refractivity contribution in [2.45, 2.75) is 13.8 Å². The van der Waals surface area contributed by atoms with E-state index in [1.165, 1.54) is 41.5 Å². The maximum Gasteiger partial charge on any atom is 0.155 e. The Morgan fingerprint density at radius 3 is 2.32 bits per heavy atom. The molecule has 143 valence electrons. The third-order valence-electron chi connectivity index (χ3n) is 4.05. The summed E-state index contributed by atoms with van der Waals surface area (Å²) in [6, 6.07) is 26.1. The van der Waals surface area contributed by atoms with Gasteiger partial charge in [-0.15, -0.1) is 35.9 Å². The number of rotatable bonds is 2. The molecule has 28 heavy (non-hydrogen) atoms. The number of pyridine rings is 1. The Morgan fingerprint density at radius 1 is 0.929 bits per heavy atom. The van der Waals surface area contributed by atoms with Gasteiger partial charge in [-0.25, -0.2) is 0 Å². The van der Waals surface area contributed by atoms with Crippen LogP contribution in [0.2, 0.25) is 0 Å². The first-order valence-corrected chi connectivity index (χ1v) is 8.67. The van der Waals surface area contributed by atoms with Crippen molar-refractivity contribution in [3.8, 4) is 11.3 Å². The third kappa shape index (κ3) is 5.13. The Labute approximate surface area is 178 Å². The number of hydrogen-bond donors (Lipinski definition) is 1. The van der Waals surface area contributed by atoms with E-state index in [-0.39, 0.29) is 31.6 Å². The van der Waals surface area contributed by atoms with E-state index in [0.717, 1.165) is 11.3 Å².